The molecule has 3 atom stereocenters. The Morgan fingerprint density at radius 3 is 2.42 bits per heavy atom. The quantitative estimate of drug-likeness (QED) is 0.109. The van der Waals surface area contributed by atoms with Gasteiger partial charge in [0, 0.05) is 55.4 Å². The molecule has 0 bridgehead atoms. The van der Waals surface area contributed by atoms with E-state index in [0.29, 0.717) is 59.1 Å². The summed E-state index contributed by atoms with van der Waals surface area (Å²) in [4.78, 5) is 30.1. The van der Waals surface area contributed by atoms with Gasteiger partial charge in [0.15, 0.2) is 0 Å². The maximum Gasteiger partial charge on any atom is 0.407 e. The normalized spacial score (nSPS) is 19.7. The van der Waals surface area contributed by atoms with E-state index in [-0.39, 0.29) is 49.2 Å². The van der Waals surface area contributed by atoms with Crippen LogP contribution in [0.15, 0.2) is 71.6 Å². The van der Waals surface area contributed by atoms with Crippen molar-refractivity contribution in [3.05, 3.63) is 83.6 Å². The van der Waals surface area contributed by atoms with Crippen molar-refractivity contribution in [2.75, 3.05) is 95.8 Å². The van der Waals surface area contributed by atoms with Crippen LogP contribution in [0.25, 0.3) is 10.8 Å². The lowest BCUT2D eigenvalue weighted by Gasteiger charge is -2.41. The molecule has 3 aliphatic heterocycles. The number of aromatic nitrogens is 2. The maximum atomic E-state index is 12.3. The lowest BCUT2D eigenvalue weighted by atomic mass is 10.0. The van der Waals surface area contributed by atoms with Crippen molar-refractivity contribution in [2.24, 2.45) is 0 Å². The second kappa shape index (κ2) is 20.0. The molecule has 17 heteroatoms. The zero-order valence-electron chi connectivity index (χ0n) is 34.1. The molecule has 0 radical (unpaired) electrons. The Balaban J connectivity index is 0.909. The predicted octanol–water partition coefficient (Wildman–Crippen LogP) is 4.49. The van der Waals surface area contributed by atoms with Crippen molar-refractivity contribution >= 4 is 38.5 Å². The third-order valence-corrected chi connectivity index (χ3v) is 12.6. The molecule has 60 heavy (non-hydrogen) atoms. The number of ether oxygens (including phenoxy) is 4. The molecule has 2 fully saturated rings. The highest BCUT2D eigenvalue weighted by molar-refractivity contribution is 7.86. The molecule has 0 unspecified atom stereocenters. The summed E-state index contributed by atoms with van der Waals surface area (Å²) in [7, 11) is -1.78. The summed E-state index contributed by atoms with van der Waals surface area (Å²) in [5, 5.41) is 21.7. The number of anilines is 2. The van der Waals surface area contributed by atoms with Crippen LogP contribution in [0.5, 0.6) is 6.01 Å². The van der Waals surface area contributed by atoms with Crippen molar-refractivity contribution < 1.29 is 41.4 Å². The molecule has 0 saturated carbocycles. The summed E-state index contributed by atoms with van der Waals surface area (Å²) in [6.07, 6.45) is 0.517. The number of likely N-dealkylation sites (tertiary alicyclic amines) is 1. The van der Waals surface area contributed by atoms with Crippen molar-refractivity contribution in [2.45, 2.75) is 55.8 Å². The molecule has 4 aromatic rings. The van der Waals surface area contributed by atoms with E-state index in [9.17, 15) is 23.6 Å². The second-order valence-electron chi connectivity index (χ2n) is 15.3. The number of benzene rings is 3. The summed E-state index contributed by atoms with van der Waals surface area (Å²) in [6.45, 7) is 6.84. The Kier molecular flexibility index (Phi) is 14.3. The molecule has 2 saturated heterocycles. The fourth-order valence-corrected chi connectivity index (χ4v) is 8.96. The molecule has 7 rings (SSSR count). The number of amides is 1. The van der Waals surface area contributed by atoms with E-state index >= 15 is 0 Å². The maximum absolute atomic E-state index is 12.3. The van der Waals surface area contributed by atoms with Gasteiger partial charge in [0.05, 0.1) is 81.4 Å². The van der Waals surface area contributed by atoms with Crippen LogP contribution in [0.1, 0.15) is 29.7 Å². The Morgan fingerprint density at radius 1 is 0.883 bits per heavy atom. The van der Waals surface area contributed by atoms with Crippen LogP contribution in [0, 0.1) is 18.3 Å². The van der Waals surface area contributed by atoms with Crippen molar-refractivity contribution in [3.8, 4) is 12.1 Å². The van der Waals surface area contributed by atoms with Gasteiger partial charge in [-0.25, -0.2) is 4.79 Å². The first-order valence-electron chi connectivity index (χ1n) is 20.4. The van der Waals surface area contributed by atoms with Gasteiger partial charge >= 0.3 is 12.1 Å². The Hall–Kier alpha value is -5.09. The summed E-state index contributed by atoms with van der Waals surface area (Å²) in [5.41, 5.74) is 4.00. The van der Waals surface area contributed by atoms with Gasteiger partial charge in [0.25, 0.3) is 10.1 Å². The summed E-state index contributed by atoms with van der Waals surface area (Å²) in [5.74, 6) is 0.742. The number of hydrogen-bond acceptors (Lipinski definition) is 14. The highest BCUT2D eigenvalue weighted by atomic mass is 32.2. The van der Waals surface area contributed by atoms with Gasteiger partial charge in [0.2, 0.25) is 0 Å². The molecule has 0 spiro atoms. The number of aryl methyl sites for hydroxylation is 1. The zero-order valence-corrected chi connectivity index (χ0v) is 35.0. The van der Waals surface area contributed by atoms with Gasteiger partial charge in [-0.2, -0.15) is 23.6 Å². The zero-order chi connectivity index (χ0) is 42.1. The minimum Gasteiger partial charge on any atom is -0.465 e. The van der Waals surface area contributed by atoms with Crippen molar-refractivity contribution in [1.29, 1.82) is 5.26 Å². The van der Waals surface area contributed by atoms with Crippen molar-refractivity contribution in [1.82, 2.24) is 19.8 Å². The lowest BCUT2D eigenvalue weighted by molar-refractivity contribution is -0.0103. The van der Waals surface area contributed by atoms with E-state index in [0.717, 1.165) is 47.8 Å². The number of hydrogen-bond donors (Lipinski definition) is 1. The van der Waals surface area contributed by atoms with E-state index in [1.807, 2.05) is 20.0 Å². The minimum absolute atomic E-state index is 0.00654. The molecular weight excluding hydrogens is 791 g/mol. The molecule has 16 nitrogen and oxygen atoms in total. The van der Waals surface area contributed by atoms with Gasteiger partial charge in [-0.3, -0.25) is 9.08 Å². The Bertz CT molecular complexity index is 2240. The summed E-state index contributed by atoms with van der Waals surface area (Å²) < 4.78 is 53.3. The number of carboxylic acid groups (broad SMARTS) is 1. The molecule has 1 N–H and O–H groups in total. The minimum atomic E-state index is -3.82. The van der Waals surface area contributed by atoms with Crippen LogP contribution < -0.4 is 14.5 Å². The van der Waals surface area contributed by atoms with Gasteiger partial charge in [-0.1, -0.05) is 54.1 Å². The first kappa shape index (κ1) is 43.0. The van der Waals surface area contributed by atoms with Crippen LogP contribution in [0.3, 0.4) is 0 Å². The fourth-order valence-electron chi connectivity index (χ4n) is 8.07. The lowest BCUT2D eigenvalue weighted by Crippen LogP contribution is -2.55. The standard InChI is InChI=1S/C43H53N7O9S/c1-31-10-12-36(13-11-31)60(53,54)59-25-23-56-21-20-55-22-24-57-35-26-34(47(2)28-35)30-58-42-45-39-29-48(40-9-5-7-32-6-3-4-8-37(32)40)17-15-38(39)41(46-42)49-18-19-50(43(51)52)33(27-49)14-16-44/h3-13,33-35H,14-15,17-30H2,1-2H3,(H,51,52)/t33-,34+,35+/m0/s1. The first-order chi connectivity index (χ1) is 29.1. The number of rotatable bonds is 18. The highest BCUT2D eigenvalue weighted by Gasteiger charge is 2.35. The molecule has 3 aliphatic rings. The van der Waals surface area contributed by atoms with E-state index in [4.69, 9.17) is 33.1 Å². The topological polar surface area (TPSA) is 180 Å². The van der Waals surface area contributed by atoms with Crippen LogP contribution >= 0.6 is 0 Å². The average Bonchev–Trinajstić information content (AvgIpc) is 3.61. The van der Waals surface area contributed by atoms with Crippen LogP contribution in [0.2, 0.25) is 0 Å². The van der Waals surface area contributed by atoms with Gasteiger partial charge < -0.3 is 38.8 Å². The highest BCUT2D eigenvalue weighted by Crippen LogP contribution is 2.35. The molecule has 4 heterocycles. The SMILES string of the molecule is Cc1ccc(S(=O)(=O)OCCOCCOCCO[C@@H]2C[C@H](COc3nc4c(c(N5CCN(C(=O)O)[C@@H](CC#N)C5)n3)CCN(c3cccc5ccccc35)C4)N(C)C2)cc1. The monoisotopic (exact) mass is 843 g/mol. The number of piperazine rings is 1. The van der Waals surface area contributed by atoms with Gasteiger partial charge in [0.1, 0.15) is 12.4 Å². The second-order valence-corrected chi connectivity index (χ2v) is 16.9. The van der Waals surface area contributed by atoms with E-state index in [1.54, 1.807) is 12.1 Å². The van der Waals surface area contributed by atoms with E-state index in [2.05, 4.69) is 57.2 Å². The Labute approximate surface area is 351 Å². The van der Waals surface area contributed by atoms with E-state index < -0.39 is 22.3 Å². The number of carbonyl (C=O) groups is 1. The molecule has 3 aromatic carbocycles. The Morgan fingerprint density at radius 2 is 1.63 bits per heavy atom. The number of likely N-dealkylation sites (N-methyl/N-ethyl adjacent to an activating group) is 1. The molecule has 0 aliphatic carbocycles. The van der Waals surface area contributed by atoms with Crippen LogP contribution in [0.4, 0.5) is 16.3 Å². The smallest absolute Gasteiger partial charge is 0.407 e. The van der Waals surface area contributed by atoms with Crippen LogP contribution in [-0.4, -0.2) is 144 Å². The first-order valence-corrected chi connectivity index (χ1v) is 21.8. The summed E-state index contributed by atoms with van der Waals surface area (Å²) >= 11 is 0. The molecule has 320 valence electrons. The number of nitriles is 1. The fraction of sp³-hybridized carbons (Fsp3) is 0.488. The third kappa shape index (κ3) is 10.6. The van der Waals surface area contributed by atoms with Gasteiger partial charge in [-0.15, -0.1) is 0 Å². The number of fused-ring (bicyclic) bond motifs is 2. The number of nitrogens with zero attached hydrogens (tertiary/aromatic N) is 7. The van der Waals surface area contributed by atoms with Crippen LogP contribution in [-0.2, 0) is 41.5 Å². The van der Waals surface area contributed by atoms with Crippen molar-refractivity contribution in [3.63, 3.8) is 0 Å². The largest absolute Gasteiger partial charge is 0.465 e. The molecular formula is C43H53N7O9S. The predicted molar refractivity (Wildman–Crippen MR) is 224 cm³/mol. The third-order valence-electron chi connectivity index (χ3n) is 11.3. The molecule has 1 amide bonds. The average molecular weight is 844 g/mol. The van der Waals surface area contributed by atoms with Gasteiger partial charge in [-0.05, 0) is 50.4 Å². The van der Waals surface area contributed by atoms with E-state index in [1.165, 1.54) is 27.8 Å². The molecule has 1 aromatic heterocycles. The summed E-state index contributed by atoms with van der Waals surface area (Å²) in [6, 6.07) is 23.2.